The third-order valence-corrected chi connectivity index (χ3v) is 4.19. The van der Waals surface area contributed by atoms with E-state index in [2.05, 4.69) is 9.47 Å². The van der Waals surface area contributed by atoms with E-state index in [-0.39, 0.29) is 24.5 Å². The van der Waals surface area contributed by atoms with Gasteiger partial charge in [0, 0.05) is 12.3 Å². The van der Waals surface area contributed by atoms with Gasteiger partial charge in [0.15, 0.2) is 11.3 Å². The van der Waals surface area contributed by atoms with Crippen LogP contribution >= 0.6 is 0 Å². The fraction of sp³-hybridized carbons (Fsp3) is 0.667. The van der Waals surface area contributed by atoms with Gasteiger partial charge in [-0.2, -0.15) is 10.5 Å². The Morgan fingerprint density at radius 3 is 2.41 bits per heavy atom. The number of Topliss-reactive ketones (excluding diaryl/α,β-unsaturated/α-hetero) is 1. The highest BCUT2D eigenvalue weighted by molar-refractivity contribution is 5.96. The topological polar surface area (TPSA) is 117 Å². The first-order valence-corrected chi connectivity index (χ1v) is 6.88. The Kier molecular flexibility index (Phi) is 5.64. The number of hydrogen-bond donors (Lipinski definition) is 0. The van der Waals surface area contributed by atoms with Gasteiger partial charge in [-0.3, -0.25) is 14.4 Å². The molecule has 0 spiro atoms. The van der Waals surface area contributed by atoms with E-state index in [1.165, 1.54) is 0 Å². The predicted molar refractivity (Wildman–Crippen MR) is 72.7 cm³/mol. The molecular formula is C15H18N2O5. The molecule has 1 saturated carbocycles. The summed E-state index contributed by atoms with van der Waals surface area (Å²) in [7, 11) is 2.11. The van der Waals surface area contributed by atoms with E-state index in [0.29, 0.717) is 6.42 Å². The predicted octanol–water partition coefficient (Wildman–Crippen LogP) is 0.987. The van der Waals surface area contributed by atoms with Crippen molar-refractivity contribution in [2.45, 2.75) is 26.2 Å². The van der Waals surface area contributed by atoms with Gasteiger partial charge in [0.2, 0.25) is 0 Å². The van der Waals surface area contributed by atoms with Crippen LogP contribution in [0.2, 0.25) is 0 Å². The normalized spacial score (nSPS) is 25.0. The smallest absolute Gasteiger partial charge is 0.328 e. The number of carbonyl (C=O) groups excluding carboxylic acids is 3. The molecule has 22 heavy (non-hydrogen) atoms. The lowest BCUT2D eigenvalue weighted by Crippen LogP contribution is -2.51. The van der Waals surface area contributed by atoms with Gasteiger partial charge in [0.1, 0.15) is 5.78 Å². The average Bonchev–Trinajstić information content (AvgIpc) is 2.53. The van der Waals surface area contributed by atoms with Gasteiger partial charge in [-0.25, -0.2) is 0 Å². The van der Waals surface area contributed by atoms with Crippen LogP contribution in [0.25, 0.3) is 0 Å². The summed E-state index contributed by atoms with van der Waals surface area (Å²) in [6.07, 6.45) is 1.09. The van der Waals surface area contributed by atoms with Crippen molar-refractivity contribution in [3.63, 3.8) is 0 Å². The van der Waals surface area contributed by atoms with E-state index in [9.17, 15) is 24.9 Å². The summed E-state index contributed by atoms with van der Waals surface area (Å²) in [5.41, 5.74) is -2.18. The second-order valence-electron chi connectivity index (χ2n) is 5.46. The van der Waals surface area contributed by atoms with Crippen LogP contribution < -0.4 is 0 Å². The molecule has 1 fully saturated rings. The third kappa shape index (κ3) is 2.80. The second kappa shape index (κ2) is 7.04. The SMILES string of the molecule is COC(=O)[C@H](C#N)[C@@](C#N)(C(=O)OC)[C@@H]1C[C@@H](C)CCC1=O. The van der Waals surface area contributed by atoms with Gasteiger partial charge in [-0.1, -0.05) is 6.92 Å². The van der Waals surface area contributed by atoms with Crippen molar-refractivity contribution >= 4 is 17.7 Å². The molecule has 0 radical (unpaired) electrons. The molecule has 0 heterocycles. The first-order valence-electron chi connectivity index (χ1n) is 6.88. The third-order valence-electron chi connectivity index (χ3n) is 4.19. The number of nitriles is 2. The molecule has 0 N–H and O–H groups in total. The minimum atomic E-state index is -2.18. The molecular weight excluding hydrogens is 288 g/mol. The van der Waals surface area contributed by atoms with Crippen molar-refractivity contribution < 1.29 is 23.9 Å². The Labute approximate surface area is 128 Å². The van der Waals surface area contributed by atoms with E-state index >= 15 is 0 Å². The van der Waals surface area contributed by atoms with E-state index in [1.54, 1.807) is 12.1 Å². The minimum absolute atomic E-state index is 0.0945. The number of nitrogens with zero attached hydrogens (tertiary/aromatic N) is 2. The van der Waals surface area contributed by atoms with Crippen LogP contribution in [-0.4, -0.2) is 31.9 Å². The number of ether oxygens (including phenoxy) is 2. The summed E-state index contributed by atoms with van der Waals surface area (Å²) in [5.74, 6) is -5.07. The van der Waals surface area contributed by atoms with Gasteiger partial charge < -0.3 is 9.47 Å². The minimum Gasteiger partial charge on any atom is -0.468 e. The Morgan fingerprint density at radius 1 is 1.32 bits per heavy atom. The monoisotopic (exact) mass is 306 g/mol. The lowest BCUT2D eigenvalue weighted by molar-refractivity contribution is -0.166. The molecule has 7 nitrogen and oxygen atoms in total. The van der Waals surface area contributed by atoms with Crippen molar-refractivity contribution in [2.24, 2.45) is 23.2 Å². The standard InChI is InChI=1S/C15H18N2O5/c1-9-4-5-12(18)10(6-9)15(8-17,14(20)22-3)11(7-16)13(19)21-2/h9-11H,4-6H2,1-3H3/t9-,10+,11-,15-/m0/s1. The van der Waals surface area contributed by atoms with Crippen molar-refractivity contribution in [1.82, 2.24) is 0 Å². The molecule has 0 unspecified atom stereocenters. The molecule has 0 aromatic rings. The summed E-state index contributed by atoms with van der Waals surface area (Å²) < 4.78 is 9.18. The zero-order valence-electron chi connectivity index (χ0n) is 12.8. The first-order chi connectivity index (χ1) is 10.4. The van der Waals surface area contributed by atoms with Crippen molar-refractivity contribution in [2.75, 3.05) is 14.2 Å². The number of esters is 2. The zero-order valence-corrected chi connectivity index (χ0v) is 12.8. The summed E-state index contributed by atoms with van der Waals surface area (Å²) in [6.45, 7) is 1.89. The lowest BCUT2D eigenvalue weighted by Gasteiger charge is -2.37. The summed E-state index contributed by atoms with van der Waals surface area (Å²) in [6, 6.07) is 3.38. The van der Waals surface area contributed by atoms with Gasteiger partial charge in [0.25, 0.3) is 0 Å². The molecule has 0 aromatic heterocycles. The number of carbonyl (C=O) groups is 3. The number of rotatable bonds is 4. The van der Waals surface area contributed by atoms with Gasteiger partial charge in [-0.05, 0) is 18.8 Å². The van der Waals surface area contributed by atoms with Crippen LogP contribution in [0.15, 0.2) is 0 Å². The van der Waals surface area contributed by atoms with Gasteiger partial charge in [0.05, 0.1) is 26.4 Å². The first kappa shape index (κ1) is 17.6. The molecule has 0 amide bonds. The van der Waals surface area contributed by atoms with E-state index < -0.39 is 29.2 Å². The van der Waals surface area contributed by atoms with Crippen LogP contribution in [0.3, 0.4) is 0 Å². The Morgan fingerprint density at radius 2 is 1.95 bits per heavy atom. The molecule has 0 saturated heterocycles. The summed E-state index contributed by atoms with van der Waals surface area (Å²) >= 11 is 0. The Balaban J connectivity index is 3.49. The van der Waals surface area contributed by atoms with E-state index in [4.69, 9.17) is 0 Å². The summed E-state index contributed by atoms with van der Waals surface area (Å²) in [4.78, 5) is 36.4. The van der Waals surface area contributed by atoms with Crippen molar-refractivity contribution in [1.29, 1.82) is 10.5 Å². The largest absolute Gasteiger partial charge is 0.468 e. The van der Waals surface area contributed by atoms with Crippen LogP contribution in [0.5, 0.6) is 0 Å². The summed E-state index contributed by atoms with van der Waals surface area (Å²) in [5, 5.41) is 18.9. The van der Waals surface area contributed by atoms with Crippen molar-refractivity contribution in [3.05, 3.63) is 0 Å². The number of methoxy groups -OCH3 is 2. The highest BCUT2D eigenvalue weighted by atomic mass is 16.5. The molecule has 7 heteroatoms. The maximum atomic E-state index is 12.3. The Hall–Kier alpha value is -2.41. The molecule has 0 bridgehead atoms. The van der Waals surface area contributed by atoms with Crippen LogP contribution in [-0.2, 0) is 23.9 Å². The highest BCUT2D eigenvalue weighted by Gasteiger charge is 2.60. The molecule has 0 aliphatic heterocycles. The molecule has 0 aromatic carbocycles. The quantitative estimate of drug-likeness (QED) is 0.710. The molecule has 1 aliphatic carbocycles. The van der Waals surface area contributed by atoms with E-state index in [0.717, 1.165) is 14.2 Å². The van der Waals surface area contributed by atoms with Crippen LogP contribution in [0, 0.1) is 45.8 Å². The van der Waals surface area contributed by atoms with Crippen LogP contribution in [0.4, 0.5) is 0 Å². The fourth-order valence-corrected chi connectivity index (χ4v) is 2.93. The second-order valence-corrected chi connectivity index (χ2v) is 5.46. The fourth-order valence-electron chi connectivity index (χ4n) is 2.93. The van der Waals surface area contributed by atoms with Crippen molar-refractivity contribution in [3.8, 4) is 12.1 Å². The lowest BCUT2D eigenvalue weighted by atomic mass is 9.61. The number of hydrogen-bond acceptors (Lipinski definition) is 7. The molecule has 1 rings (SSSR count). The van der Waals surface area contributed by atoms with Gasteiger partial charge in [-0.15, -0.1) is 0 Å². The Bertz CT molecular complexity index is 559. The molecule has 1 aliphatic rings. The van der Waals surface area contributed by atoms with Gasteiger partial charge >= 0.3 is 11.9 Å². The average molecular weight is 306 g/mol. The highest BCUT2D eigenvalue weighted by Crippen LogP contribution is 2.44. The maximum absolute atomic E-state index is 12.3. The number of ketones is 1. The van der Waals surface area contributed by atoms with E-state index in [1.807, 2.05) is 6.92 Å². The maximum Gasteiger partial charge on any atom is 0.328 e. The van der Waals surface area contributed by atoms with Crippen LogP contribution in [0.1, 0.15) is 26.2 Å². The molecule has 4 atom stereocenters. The molecule has 118 valence electrons. The zero-order chi connectivity index (χ0) is 16.9.